The lowest BCUT2D eigenvalue weighted by Gasteiger charge is -2.06. The summed E-state index contributed by atoms with van der Waals surface area (Å²) in [6.07, 6.45) is 2.62. The number of ether oxygens (including phenoxy) is 1. The number of benzene rings is 1. The molecule has 2 nitrogen and oxygen atoms in total. The Bertz CT molecular complexity index is 323. The molecule has 0 bridgehead atoms. The number of nitrogen functional groups attached to an aromatic ring is 1. The van der Waals surface area contributed by atoms with Crippen LogP contribution in [0.25, 0.3) is 0 Å². The minimum absolute atomic E-state index is 0.572. The summed E-state index contributed by atoms with van der Waals surface area (Å²) in [6.45, 7) is 1.43. The Labute approximate surface area is 89.0 Å². The van der Waals surface area contributed by atoms with Crippen LogP contribution in [0.3, 0.4) is 0 Å². The molecule has 0 heterocycles. The highest BCUT2D eigenvalue weighted by Crippen LogP contribution is 2.29. The highest BCUT2D eigenvalue weighted by atomic mass is 35.5. The number of halogens is 1. The molecule has 1 fully saturated rings. The summed E-state index contributed by atoms with van der Waals surface area (Å²) in [7, 11) is 0. The van der Waals surface area contributed by atoms with E-state index in [1.807, 2.05) is 12.1 Å². The average molecular weight is 212 g/mol. The van der Waals surface area contributed by atoms with Crippen molar-refractivity contribution in [2.24, 2.45) is 5.92 Å². The van der Waals surface area contributed by atoms with Crippen molar-refractivity contribution >= 4 is 17.3 Å². The van der Waals surface area contributed by atoms with E-state index < -0.39 is 0 Å². The molecule has 0 amide bonds. The number of hydrogen-bond acceptors (Lipinski definition) is 2. The zero-order valence-electron chi connectivity index (χ0n) is 8.00. The van der Waals surface area contributed by atoms with E-state index in [0.29, 0.717) is 11.6 Å². The molecular formula is C11H14ClNO. The second-order valence-corrected chi connectivity index (χ2v) is 4.24. The molecule has 1 aliphatic rings. The Hall–Kier alpha value is -0.730. The number of anilines is 1. The van der Waals surface area contributed by atoms with Crippen molar-refractivity contribution in [2.45, 2.75) is 19.4 Å². The molecule has 1 aromatic rings. The molecule has 2 rings (SSSR count). The predicted molar refractivity (Wildman–Crippen MR) is 58.2 cm³/mol. The minimum Gasteiger partial charge on any atom is -0.398 e. The van der Waals surface area contributed by atoms with Crippen molar-refractivity contribution in [1.82, 2.24) is 0 Å². The Kier molecular flexibility index (Phi) is 2.94. The second kappa shape index (κ2) is 4.20. The lowest BCUT2D eigenvalue weighted by molar-refractivity contribution is 0.111. The summed E-state index contributed by atoms with van der Waals surface area (Å²) in [6, 6.07) is 5.48. The van der Waals surface area contributed by atoms with Gasteiger partial charge >= 0.3 is 0 Å². The second-order valence-electron chi connectivity index (χ2n) is 3.80. The molecule has 0 spiro atoms. The van der Waals surface area contributed by atoms with Gasteiger partial charge in [0.25, 0.3) is 0 Å². The van der Waals surface area contributed by atoms with Crippen molar-refractivity contribution in [1.29, 1.82) is 0 Å². The number of hydrogen-bond donors (Lipinski definition) is 1. The van der Waals surface area contributed by atoms with E-state index in [2.05, 4.69) is 0 Å². The molecule has 1 aromatic carbocycles. The smallest absolute Gasteiger partial charge is 0.0737 e. The summed E-state index contributed by atoms with van der Waals surface area (Å²) in [5, 5.41) is 0.712. The quantitative estimate of drug-likeness (QED) is 0.778. The first-order valence-electron chi connectivity index (χ1n) is 4.87. The van der Waals surface area contributed by atoms with Gasteiger partial charge in [-0.05, 0) is 37.0 Å². The van der Waals surface area contributed by atoms with Crippen LogP contribution < -0.4 is 5.73 Å². The van der Waals surface area contributed by atoms with E-state index in [1.54, 1.807) is 6.07 Å². The molecular weight excluding hydrogens is 198 g/mol. The van der Waals surface area contributed by atoms with Crippen LogP contribution in [0.2, 0.25) is 5.02 Å². The van der Waals surface area contributed by atoms with Crippen LogP contribution in [-0.4, -0.2) is 6.61 Å². The third kappa shape index (κ3) is 2.63. The van der Waals surface area contributed by atoms with E-state index in [9.17, 15) is 0 Å². The third-order valence-electron chi connectivity index (χ3n) is 2.41. The van der Waals surface area contributed by atoms with Crippen molar-refractivity contribution in [2.75, 3.05) is 12.3 Å². The largest absolute Gasteiger partial charge is 0.398 e. The summed E-state index contributed by atoms with van der Waals surface area (Å²) in [5.41, 5.74) is 7.52. The van der Waals surface area contributed by atoms with E-state index >= 15 is 0 Å². The molecule has 0 saturated heterocycles. The fourth-order valence-corrected chi connectivity index (χ4v) is 1.51. The van der Waals surface area contributed by atoms with Gasteiger partial charge < -0.3 is 10.5 Å². The SMILES string of the molecule is Nc1ccc(Cl)cc1COCC1CC1. The van der Waals surface area contributed by atoms with Gasteiger partial charge in [0.05, 0.1) is 6.61 Å². The van der Waals surface area contributed by atoms with E-state index in [0.717, 1.165) is 23.8 Å². The van der Waals surface area contributed by atoms with Crippen LogP contribution in [0.4, 0.5) is 5.69 Å². The average Bonchev–Trinajstić information content (AvgIpc) is 2.95. The van der Waals surface area contributed by atoms with Crippen molar-refractivity contribution in [3.05, 3.63) is 28.8 Å². The minimum atomic E-state index is 0.572. The van der Waals surface area contributed by atoms with Crippen LogP contribution in [0.15, 0.2) is 18.2 Å². The van der Waals surface area contributed by atoms with Crippen LogP contribution in [0.5, 0.6) is 0 Å². The van der Waals surface area contributed by atoms with E-state index in [1.165, 1.54) is 12.8 Å². The summed E-state index contributed by atoms with van der Waals surface area (Å²) >= 11 is 5.86. The maximum absolute atomic E-state index is 5.86. The summed E-state index contributed by atoms with van der Waals surface area (Å²) in [4.78, 5) is 0. The molecule has 3 heteroatoms. The monoisotopic (exact) mass is 211 g/mol. The van der Waals surface area contributed by atoms with Crippen LogP contribution in [0.1, 0.15) is 18.4 Å². The highest BCUT2D eigenvalue weighted by molar-refractivity contribution is 6.30. The van der Waals surface area contributed by atoms with Crippen LogP contribution in [0, 0.1) is 5.92 Å². The molecule has 2 N–H and O–H groups in total. The number of rotatable bonds is 4. The fraction of sp³-hybridized carbons (Fsp3) is 0.455. The Morgan fingerprint density at radius 1 is 1.43 bits per heavy atom. The highest BCUT2D eigenvalue weighted by Gasteiger charge is 2.21. The topological polar surface area (TPSA) is 35.2 Å². The molecule has 0 unspecified atom stereocenters. The molecule has 14 heavy (non-hydrogen) atoms. The van der Waals surface area contributed by atoms with Crippen LogP contribution >= 0.6 is 11.6 Å². The predicted octanol–water partition coefficient (Wildman–Crippen LogP) is 2.85. The fourth-order valence-electron chi connectivity index (χ4n) is 1.32. The van der Waals surface area contributed by atoms with Gasteiger partial charge in [-0.15, -0.1) is 0 Å². The maximum atomic E-state index is 5.86. The first-order valence-corrected chi connectivity index (χ1v) is 5.25. The lowest BCUT2D eigenvalue weighted by Crippen LogP contribution is -2.00. The van der Waals surface area contributed by atoms with E-state index in [4.69, 9.17) is 22.1 Å². The first-order chi connectivity index (χ1) is 6.75. The van der Waals surface area contributed by atoms with Gasteiger partial charge in [0, 0.05) is 22.9 Å². The Morgan fingerprint density at radius 3 is 2.93 bits per heavy atom. The summed E-state index contributed by atoms with van der Waals surface area (Å²) in [5.74, 6) is 0.787. The van der Waals surface area contributed by atoms with E-state index in [-0.39, 0.29) is 0 Å². The standard InChI is InChI=1S/C11H14ClNO/c12-10-3-4-11(13)9(5-10)7-14-6-8-1-2-8/h3-5,8H,1-2,6-7,13H2. The third-order valence-corrected chi connectivity index (χ3v) is 2.65. The van der Waals surface area contributed by atoms with Gasteiger partial charge in [-0.3, -0.25) is 0 Å². The van der Waals surface area contributed by atoms with Gasteiger partial charge in [0.15, 0.2) is 0 Å². The molecule has 0 aromatic heterocycles. The zero-order chi connectivity index (χ0) is 9.97. The molecule has 1 saturated carbocycles. The maximum Gasteiger partial charge on any atom is 0.0737 e. The van der Waals surface area contributed by atoms with Gasteiger partial charge in [0.2, 0.25) is 0 Å². The lowest BCUT2D eigenvalue weighted by atomic mass is 10.2. The zero-order valence-corrected chi connectivity index (χ0v) is 8.76. The molecule has 1 aliphatic carbocycles. The van der Waals surface area contributed by atoms with Gasteiger partial charge in [-0.25, -0.2) is 0 Å². The molecule has 76 valence electrons. The van der Waals surface area contributed by atoms with Crippen LogP contribution in [-0.2, 0) is 11.3 Å². The van der Waals surface area contributed by atoms with Crippen molar-refractivity contribution in [3.8, 4) is 0 Å². The molecule has 0 aliphatic heterocycles. The van der Waals surface area contributed by atoms with Gasteiger partial charge in [-0.2, -0.15) is 0 Å². The number of nitrogens with two attached hydrogens (primary N) is 1. The first kappa shape index (κ1) is 9.81. The van der Waals surface area contributed by atoms with Gasteiger partial charge in [0.1, 0.15) is 0 Å². The van der Waals surface area contributed by atoms with Crippen molar-refractivity contribution < 1.29 is 4.74 Å². The van der Waals surface area contributed by atoms with Crippen molar-refractivity contribution in [3.63, 3.8) is 0 Å². The molecule has 0 atom stereocenters. The normalized spacial score (nSPS) is 15.8. The summed E-state index contributed by atoms with van der Waals surface area (Å²) < 4.78 is 5.54. The Morgan fingerprint density at radius 2 is 2.21 bits per heavy atom. The van der Waals surface area contributed by atoms with Gasteiger partial charge in [-0.1, -0.05) is 11.6 Å². The Balaban J connectivity index is 1.89. The molecule has 0 radical (unpaired) electrons.